The second-order valence-electron chi connectivity index (χ2n) is 7.94. The van der Waals surface area contributed by atoms with Gasteiger partial charge in [0.05, 0.1) is 0 Å². The smallest absolute Gasteiger partial charge is 0.221 e. The van der Waals surface area contributed by atoms with Gasteiger partial charge in [-0.25, -0.2) is 0 Å². The molecule has 4 aliphatic rings. The maximum absolute atomic E-state index is 11.9. The monoisotopic (exact) mass is 283 g/mol. The lowest BCUT2D eigenvalue weighted by molar-refractivity contribution is -0.148. The Morgan fingerprint density at radius 1 is 1.14 bits per heavy atom. The lowest BCUT2D eigenvalue weighted by Gasteiger charge is -2.64. The number of rotatable bonds is 3. The molecule has 0 heterocycles. The molecule has 0 aromatic heterocycles. The zero-order chi connectivity index (χ0) is 14.7. The maximum atomic E-state index is 11.9. The summed E-state index contributed by atoms with van der Waals surface area (Å²) in [6.45, 7) is 2.34. The van der Waals surface area contributed by atoms with Crippen molar-refractivity contribution in [2.45, 2.75) is 50.9 Å². The highest BCUT2D eigenvalue weighted by Crippen LogP contribution is 2.68. The second-order valence-corrected chi connectivity index (χ2v) is 7.94. The molecule has 0 aliphatic heterocycles. The second kappa shape index (κ2) is 4.34. The summed E-state index contributed by atoms with van der Waals surface area (Å²) < 4.78 is 0. The van der Waals surface area contributed by atoms with E-state index in [2.05, 4.69) is 37.3 Å². The fourth-order valence-electron chi connectivity index (χ4n) is 6.33. The van der Waals surface area contributed by atoms with E-state index >= 15 is 0 Å². The fraction of sp³-hybridized carbons (Fsp3) is 0.632. The Bertz CT molecular complexity index is 548. The van der Waals surface area contributed by atoms with Crippen LogP contribution in [0.4, 0.5) is 0 Å². The van der Waals surface area contributed by atoms with Crippen LogP contribution in [0.3, 0.4) is 0 Å². The molecule has 0 saturated heterocycles. The fourth-order valence-corrected chi connectivity index (χ4v) is 6.33. The van der Waals surface area contributed by atoms with Crippen molar-refractivity contribution in [3.8, 4) is 0 Å². The summed E-state index contributed by atoms with van der Waals surface area (Å²) in [7, 11) is 0. The van der Waals surface area contributed by atoms with Crippen molar-refractivity contribution in [3.05, 3.63) is 35.9 Å². The molecule has 4 aliphatic carbocycles. The van der Waals surface area contributed by atoms with E-state index in [1.807, 2.05) is 0 Å². The quantitative estimate of drug-likeness (QED) is 0.904. The number of hydrogen-bond donors (Lipinski definition) is 1. The molecular weight excluding hydrogens is 258 g/mol. The number of carbonyl (C=O) groups excluding carboxylic acids is 1. The van der Waals surface area contributed by atoms with Crippen LogP contribution < -0.4 is 5.73 Å². The van der Waals surface area contributed by atoms with Crippen LogP contribution in [0, 0.1) is 23.2 Å². The minimum Gasteiger partial charge on any atom is -0.369 e. The van der Waals surface area contributed by atoms with E-state index in [9.17, 15) is 4.79 Å². The van der Waals surface area contributed by atoms with Crippen molar-refractivity contribution in [2.75, 3.05) is 0 Å². The zero-order valence-electron chi connectivity index (χ0n) is 12.8. The third-order valence-corrected chi connectivity index (χ3v) is 6.89. The highest BCUT2D eigenvalue weighted by Gasteiger charge is 2.61. The SMILES string of the molecule is CCC12CC3CC(c4ccccc4)(CC(C1)C3C(N)=O)C2. The molecule has 1 aromatic rings. The van der Waals surface area contributed by atoms with Crippen molar-refractivity contribution in [3.63, 3.8) is 0 Å². The lowest BCUT2D eigenvalue weighted by Crippen LogP contribution is -2.59. The van der Waals surface area contributed by atoms with Crippen LogP contribution in [0.1, 0.15) is 51.0 Å². The first-order valence-electron chi connectivity index (χ1n) is 8.42. The van der Waals surface area contributed by atoms with Gasteiger partial charge in [0, 0.05) is 5.92 Å². The molecule has 21 heavy (non-hydrogen) atoms. The molecule has 1 aromatic carbocycles. The molecule has 4 bridgehead atoms. The number of hydrogen-bond acceptors (Lipinski definition) is 1. The van der Waals surface area contributed by atoms with Gasteiger partial charge in [0.25, 0.3) is 0 Å². The van der Waals surface area contributed by atoms with Crippen LogP contribution in [0.5, 0.6) is 0 Å². The molecule has 0 spiro atoms. The van der Waals surface area contributed by atoms with Crippen molar-refractivity contribution < 1.29 is 4.79 Å². The molecule has 4 fully saturated rings. The first kappa shape index (κ1) is 13.4. The minimum absolute atomic E-state index is 0.0433. The van der Waals surface area contributed by atoms with Crippen LogP contribution in [0.15, 0.2) is 30.3 Å². The lowest BCUT2D eigenvalue weighted by atomic mass is 9.39. The molecule has 2 unspecified atom stereocenters. The molecule has 2 N–H and O–H groups in total. The number of primary amides is 1. The van der Waals surface area contributed by atoms with Crippen LogP contribution in [-0.2, 0) is 10.2 Å². The summed E-state index contributed by atoms with van der Waals surface area (Å²) in [6.07, 6.45) is 7.36. The van der Waals surface area contributed by atoms with Crippen molar-refractivity contribution >= 4 is 5.91 Å². The molecular formula is C19H25NO. The Labute approximate surface area is 127 Å². The summed E-state index contributed by atoms with van der Waals surface area (Å²) in [4.78, 5) is 11.9. The van der Waals surface area contributed by atoms with Crippen molar-refractivity contribution in [1.29, 1.82) is 0 Å². The van der Waals surface area contributed by atoms with Gasteiger partial charge in [0.1, 0.15) is 0 Å². The average Bonchev–Trinajstić information content (AvgIpc) is 2.47. The maximum Gasteiger partial charge on any atom is 0.221 e. The Hall–Kier alpha value is -1.31. The number of benzene rings is 1. The van der Waals surface area contributed by atoms with E-state index in [0.717, 1.165) is 0 Å². The average molecular weight is 283 g/mol. The first-order valence-corrected chi connectivity index (χ1v) is 8.42. The Balaban J connectivity index is 1.78. The Morgan fingerprint density at radius 2 is 1.76 bits per heavy atom. The molecule has 2 heteroatoms. The van der Waals surface area contributed by atoms with Crippen molar-refractivity contribution in [1.82, 2.24) is 0 Å². The molecule has 1 amide bonds. The number of carbonyl (C=O) groups is 1. The summed E-state index contributed by atoms with van der Waals surface area (Å²) in [5.41, 5.74) is 8.03. The van der Waals surface area contributed by atoms with E-state index < -0.39 is 0 Å². The first-order chi connectivity index (χ1) is 10.1. The van der Waals surface area contributed by atoms with Gasteiger partial charge in [-0.05, 0) is 60.3 Å². The van der Waals surface area contributed by atoms with Crippen LogP contribution >= 0.6 is 0 Å². The van der Waals surface area contributed by atoms with Crippen LogP contribution in [0.2, 0.25) is 0 Å². The highest BCUT2D eigenvalue weighted by molar-refractivity contribution is 5.78. The van der Waals surface area contributed by atoms with Crippen LogP contribution in [-0.4, -0.2) is 5.91 Å². The highest BCUT2D eigenvalue weighted by atomic mass is 16.1. The van der Waals surface area contributed by atoms with Gasteiger partial charge in [0.15, 0.2) is 0 Å². The third-order valence-electron chi connectivity index (χ3n) is 6.89. The number of amides is 1. The van der Waals surface area contributed by atoms with Crippen molar-refractivity contribution in [2.24, 2.45) is 28.9 Å². The van der Waals surface area contributed by atoms with E-state index in [1.54, 1.807) is 0 Å². The summed E-state index contributed by atoms with van der Waals surface area (Å²) in [5.74, 6) is 1.13. The van der Waals surface area contributed by atoms with E-state index in [1.165, 1.54) is 44.1 Å². The van der Waals surface area contributed by atoms with E-state index in [4.69, 9.17) is 5.73 Å². The molecule has 4 saturated carbocycles. The van der Waals surface area contributed by atoms with E-state index in [-0.39, 0.29) is 11.8 Å². The van der Waals surface area contributed by atoms with Gasteiger partial charge in [-0.3, -0.25) is 4.79 Å². The van der Waals surface area contributed by atoms with E-state index in [0.29, 0.717) is 22.7 Å². The number of nitrogens with two attached hydrogens (primary N) is 1. The van der Waals surface area contributed by atoms with Gasteiger partial charge in [-0.2, -0.15) is 0 Å². The van der Waals surface area contributed by atoms with Gasteiger partial charge < -0.3 is 5.73 Å². The predicted molar refractivity (Wildman–Crippen MR) is 83.6 cm³/mol. The Morgan fingerprint density at radius 3 is 2.29 bits per heavy atom. The normalized spacial score (nSPS) is 44.0. The molecule has 0 radical (unpaired) electrons. The van der Waals surface area contributed by atoms with Gasteiger partial charge in [-0.15, -0.1) is 0 Å². The van der Waals surface area contributed by atoms with Gasteiger partial charge >= 0.3 is 0 Å². The summed E-state index contributed by atoms with van der Waals surface area (Å²) >= 11 is 0. The molecule has 112 valence electrons. The minimum atomic E-state index is -0.0433. The Kier molecular flexibility index (Phi) is 2.76. The molecule has 5 rings (SSSR count). The third kappa shape index (κ3) is 1.81. The van der Waals surface area contributed by atoms with Crippen LogP contribution in [0.25, 0.3) is 0 Å². The zero-order valence-corrected chi connectivity index (χ0v) is 12.8. The van der Waals surface area contributed by atoms with Gasteiger partial charge in [-0.1, -0.05) is 43.7 Å². The molecule has 2 atom stereocenters. The van der Waals surface area contributed by atoms with Gasteiger partial charge in [0.2, 0.25) is 5.91 Å². The summed E-state index contributed by atoms with van der Waals surface area (Å²) in [5, 5.41) is 0. The predicted octanol–water partition coefficient (Wildman–Crippen LogP) is 3.65. The largest absolute Gasteiger partial charge is 0.369 e. The summed E-state index contributed by atoms with van der Waals surface area (Å²) in [6, 6.07) is 11.0. The molecule has 2 nitrogen and oxygen atoms in total. The standard InChI is InChI=1S/C19H25NO/c1-2-18-8-13-10-19(12-18,15-6-4-3-5-7-15)11-14(9-18)16(13)17(20)21/h3-7,13-14,16H,2,8-12H2,1H3,(H2,20,21). The topological polar surface area (TPSA) is 43.1 Å².